The zero-order chi connectivity index (χ0) is 16.5. The fourth-order valence-corrected chi connectivity index (χ4v) is 4.00. The summed E-state index contributed by atoms with van der Waals surface area (Å²) in [6.45, 7) is 19.9. The van der Waals surface area contributed by atoms with Crippen LogP contribution in [-0.2, 0) is 14.0 Å². The van der Waals surface area contributed by atoms with Crippen LogP contribution < -0.4 is 0 Å². The average molecular weight is 313 g/mol. The summed E-state index contributed by atoms with van der Waals surface area (Å²) in [6, 6.07) is 0. The fraction of sp³-hybridized carbons (Fsp3) is 0.824. The normalized spacial score (nSPS) is 27.0. The highest BCUT2D eigenvalue weighted by Crippen LogP contribution is 2.48. The minimum absolute atomic E-state index is 0.130. The molecule has 1 aliphatic rings. The molecule has 21 heavy (non-hydrogen) atoms. The third-order valence-electron chi connectivity index (χ3n) is 5.11. The minimum Gasteiger partial charge on any atom is -0.466 e. The second-order valence-electron chi connectivity index (χ2n) is 8.05. The van der Waals surface area contributed by atoms with Crippen LogP contribution in [-0.4, -0.2) is 27.0 Å². The Morgan fingerprint density at radius 1 is 1.43 bits per heavy atom. The summed E-state index contributed by atoms with van der Waals surface area (Å²) < 4.78 is 11.6. The molecule has 0 radical (unpaired) electrons. The third-order valence-corrected chi connectivity index (χ3v) is 9.65. The van der Waals surface area contributed by atoms with Crippen molar-refractivity contribution in [3.8, 4) is 0 Å². The molecule has 0 spiro atoms. The van der Waals surface area contributed by atoms with Crippen molar-refractivity contribution in [2.75, 3.05) is 6.61 Å². The van der Waals surface area contributed by atoms with Gasteiger partial charge in [-0.3, -0.25) is 4.79 Å². The maximum atomic E-state index is 11.8. The first-order valence-corrected chi connectivity index (χ1v) is 10.8. The molecule has 1 rings (SSSR count). The first-order chi connectivity index (χ1) is 9.41. The molecule has 0 aliphatic heterocycles. The van der Waals surface area contributed by atoms with Gasteiger partial charge in [0, 0.05) is 11.5 Å². The maximum absolute atomic E-state index is 11.8. The standard InChI is InChI=1S/C17H32O3Si/c1-9-19-15(18)12-17(6)11-14(10-13(17)2)20-21(7,8)16(3,4)5/h14H,2,9-12H2,1,3-8H3/t14-,17-/m0/s1. The Bertz CT molecular complexity index is 409. The van der Waals surface area contributed by atoms with Gasteiger partial charge in [-0.25, -0.2) is 0 Å². The van der Waals surface area contributed by atoms with Gasteiger partial charge in [0.15, 0.2) is 8.32 Å². The summed E-state index contributed by atoms with van der Waals surface area (Å²) in [5.41, 5.74) is 0.943. The summed E-state index contributed by atoms with van der Waals surface area (Å²) >= 11 is 0. The number of hydrogen-bond acceptors (Lipinski definition) is 3. The molecule has 0 N–H and O–H groups in total. The summed E-state index contributed by atoms with van der Waals surface area (Å²) in [4.78, 5) is 11.8. The quantitative estimate of drug-likeness (QED) is 0.420. The van der Waals surface area contributed by atoms with E-state index >= 15 is 0 Å². The molecule has 1 saturated carbocycles. The van der Waals surface area contributed by atoms with Crippen LogP contribution in [0, 0.1) is 5.41 Å². The molecule has 1 fully saturated rings. The molecule has 0 aromatic rings. The number of carbonyl (C=O) groups excluding carboxylic acids is 1. The largest absolute Gasteiger partial charge is 0.466 e. The molecule has 4 heteroatoms. The van der Waals surface area contributed by atoms with Gasteiger partial charge in [-0.2, -0.15) is 0 Å². The van der Waals surface area contributed by atoms with Crippen LogP contribution in [0.5, 0.6) is 0 Å². The van der Waals surface area contributed by atoms with Crippen molar-refractivity contribution in [1.29, 1.82) is 0 Å². The van der Waals surface area contributed by atoms with Crippen LogP contribution in [0.2, 0.25) is 18.1 Å². The molecule has 3 nitrogen and oxygen atoms in total. The van der Waals surface area contributed by atoms with Crippen molar-refractivity contribution >= 4 is 14.3 Å². The Morgan fingerprint density at radius 3 is 2.48 bits per heavy atom. The van der Waals surface area contributed by atoms with Gasteiger partial charge in [-0.15, -0.1) is 0 Å². The van der Waals surface area contributed by atoms with Crippen LogP contribution in [0.25, 0.3) is 0 Å². The van der Waals surface area contributed by atoms with Crippen LogP contribution in [0.4, 0.5) is 0 Å². The lowest BCUT2D eigenvalue weighted by Gasteiger charge is -2.38. The van der Waals surface area contributed by atoms with E-state index in [1.54, 1.807) is 0 Å². The molecule has 0 aromatic heterocycles. The Hall–Kier alpha value is -0.613. The van der Waals surface area contributed by atoms with E-state index in [0.717, 1.165) is 18.4 Å². The molecule has 122 valence electrons. The molecular formula is C17H32O3Si. The number of carbonyl (C=O) groups is 1. The number of hydrogen-bond donors (Lipinski definition) is 0. The van der Waals surface area contributed by atoms with Crippen molar-refractivity contribution in [3.63, 3.8) is 0 Å². The highest BCUT2D eigenvalue weighted by molar-refractivity contribution is 6.74. The van der Waals surface area contributed by atoms with E-state index < -0.39 is 8.32 Å². The molecule has 0 unspecified atom stereocenters. The second-order valence-corrected chi connectivity index (χ2v) is 12.8. The Kier molecular flexibility index (Phi) is 5.49. The third kappa shape index (κ3) is 4.43. The first kappa shape index (κ1) is 18.4. The molecule has 2 atom stereocenters. The number of esters is 1. The maximum Gasteiger partial charge on any atom is 0.306 e. The molecule has 0 saturated heterocycles. The number of ether oxygens (including phenoxy) is 1. The monoisotopic (exact) mass is 312 g/mol. The van der Waals surface area contributed by atoms with Gasteiger partial charge in [-0.05, 0) is 37.9 Å². The van der Waals surface area contributed by atoms with Gasteiger partial charge in [0.25, 0.3) is 0 Å². The first-order valence-electron chi connectivity index (χ1n) is 7.93. The van der Waals surface area contributed by atoms with E-state index in [1.807, 2.05) is 6.92 Å². The van der Waals surface area contributed by atoms with Crippen molar-refractivity contribution in [1.82, 2.24) is 0 Å². The summed E-state index contributed by atoms with van der Waals surface area (Å²) in [5, 5.41) is 0.203. The van der Waals surface area contributed by atoms with Crippen molar-refractivity contribution < 1.29 is 14.0 Å². The lowest BCUT2D eigenvalue weighted by atomic mass is 9.82. The van der Waals surface area contributed by atoms with Gasteiger partial charge >= 0.3 is 5.97 Å². The SMILES string of the molecule is C=C1C[C@H](O[Si](C)(C)C(C)(C)C)C[C@@]1(C)CC(=O)OCC. The van der Waals surface area contributed by atoms with Gasteiger partial charge < -0.3 is 9.16 Å². The van der Waals surface area contributed by atoms with Crippen molar-refractivity contribution in [3.05, 3.63) is 12.2 Å². The lowest BCUT2D eigenvalue weighted by molar-refractivity contribution is -0.145. The van der Waals surface area contributed by atoms with E-state index in [4.69, 9.17) is 9.16 Å². The zero-order valence-electron chi connectivity index (χ0n) is 14.8. The fourth-order valence-electron chi connectivity index (χ4n) is 2.64. The highest BCUT2D eigenvalue weighted by Gasteiger charge is 2.45. The Balaban J connectivity index is 2.72. The van der Waals surface area contributed by atoms with Gasteiger partial charge in [-0.1, -0.05) is 39.8 Å². The Morgan fingerprint density at radius 2 is 2.00 bits per heavy atom. The minimum atomic E-state index is -1.77. The van der Waals surface area contributed by atoms with Gasteiger partial charge in [0.2, 0.25) is 0 Å². The predicted molar refractivity (Wildman–Crippen MR) is 89.8 cm³/mol. The van der Waals surface area contributed by atoms with Crippen LogP contribution in [0.1, 0.15) is 53.9 Å². The second kappa shape index (κ2) is 6.25. The Labute approximate surface area is 131 Å². The van der Waals surface area contributed by atoms with Crippen LogP contribution >= 0.6 is 0 Å². The average Bonchev–Trinajstić information content (AvgIpc) is 2.51. The topological polar surface area (TPSA) is 35.5 Å². The predicted octanol–water partition coefficient (Wildman–Crippen LogP) is 4.69. The zero-order valence-corrected chi connectivity index (χ0v) is 15.8. The molecule has 0 amide bonds. The van der Waals surface area contributed by atoms with Crippen molar-refractivity contribution in [2.24, 2.45) is 5.41 Å². The van der Waals surface area contributed by atoms with E-state index in [-0.39, 0.29) is 22.5 Å². The van der Waals surface area contributed by atoms with E-state index in [0.29, 0.717) is 13.0 Å². The van der Waals surface area contributed by atoms with Gasteiger partial charge in [0.05, 0.1) is 13.0 Å². The molecule has 0 heterocycles. The summed E-state index contributed by atoms with van der Waals surface area (Å²) in [7, 11) is -1.77. The van der Waals surface area contributed by atoms with E-state index in [2.05, 4.69) is 47.4 Å². The summed E-state index contributed by atoms with van der Waals surface area (Å²) in [6.07, 6.45) is 2.34. The molecule has 0 bridgehead atoms. The van der Waals surface area contributed by atoms with Crippen LogP contribution in [0.15, 0.2) is 12.2 Å². The molecule has 1 aliphatic carbocycles. The van der Waals surface area contributed by atoms with E-state index in [1.165, 1.54) is 0 Å². The smallest absolute Gasteiger partial charge is 0.306 e. The number of rotatable bonds is 5. The lowest BCUT2D eigenvalue weighted by Crippen LogP contribution is -2.43. The van der Waals surface area contributed by atoms with E-state index in [9.17, 15) is 4.79 Å². The van der Waals surface area contributed by atoms with Crippen molar-refractivity contribution in [2.45, 2.75) is 78.1 Å². The van der Waals surface area contributed by atoms with Crippen LogP contribution in [0.3, 0.4) is 0 Å². The molecular weight excluding hydrogens is 280 g/mol. The van der Waals surface area contributed by atoms with Gasteiger partial charge in [0.1, 0.15) is 0 Å². The summed E-state index contributed by atoms with van der Waals surface area (Å²) in [5.74, 6) is -0.130. The highest BCUT2D eigenvalue weighted by atomic mass is 28.4. The molecule has 0 aromatic carbocycles.